The Morgan fingerprint density at radius 1 is 1.00 bits per heavy atom. The quantitative estimate of drug-likeness (QED) is 0.374. The molecule has 2 aromatic heterocycles. The van der Waals surface area contributed by atoms with Crippen LogP contribution in [-0.4, -0.2) is 45.7 Å². The summed E-state index contributed by atoms with van der Waals surface area (Å²) in [7, 11) is 3.30. The third-order valence-corrected chi connectivity index (χ3v) is 5.34. The molecule has 0 amide bonds. The van der Waals surface area contributed by atoms with Gasteiger partial charge >= 0.3 is 0 Å². The lowest BCUT2D eigenvalue weighted by Gasteiger charge is -2.09. The van der Waals surface area contributed by atoms with Gasteiger partial charge in [0.15, 0.2) is 11.0 Å². The predicted molar refractivity (Wildman–Crippen MR) is 113 cm³/mol. The molecule has 2 heterocycles. The lowest BCUT2D eigenvalue weighted by atomic mass is 10.2. The van der Waals surface area contributed by atoms with Crippen molar-refractivity contribution in [3.8, 4) is 28.5 Å². The van der Waals surface area contributed by atoms with E-state index in [2.05, 4.69) is 20.3 Å². The van der Waals surface area contributed by atoms with Crippen molar-refractivity contribution in [3.63, 3.8) is 0 Å². The van der Waals surface area contributed by atoms with E-state index in [1.165, 1.54) is 11.8 Å². The van der Waals surface area contributed by atoms with E-state index in [0.29, 0.717) is 30.6 Å². The number of methoxy groups -OCH3 is 2. The van der Waals surface area contributed by atoms with Gasteiger partial charge in [-0.2, -0.15) is 4.98 Å². The summed E-state index contributed by atoms with van der Waals surface area (Å²) in [6.07, 6.45) is 0. The zero-order chi connectivity index (χ0) is 20.8. The SMILES string of the molecule is COCCn1c(SCc2nc(-c3cccc(OC)c3)no2)nnc1-c1ccccc1. The van der Waals surface area contributed by atoms with E-state index in [1.807, 2.05) is 59.2 Å². The van der Waals surface area contributed by atoms with Gasteiger partial charge < -0.3 is 14.0 Å². The lowest BCUT2D eigenvalue weighted by Crippen LogP contribution is -2.07. The maximum absolute atomic E-state index is 5.42. The van der Waals surface area contributed by atoms with Crippen molar-refractivity contribution in [2.75, 3.05) is 20.8 Å². The smallest absolute Gasteiger partial charge is 0.237 e. The van der Waals surface area contributed by atoms with Crippen LogP contribution in [0, 0.1) is 0 Å². The van der Waals surface area contributed by atoms with E-state index in [9.17, 15) is 0 Å². The van der Waals surface area contributed by atoms with Crippen LogP contribution in [0.4, 0.5) is 0 Å². The Labute approximate surface area is 178 Å². The van der Waals surface area contributed by atoms with Gasteiger partial charge in [0.25, 0.3) is 0 Å². The fraction of sp³-hybridized carbons (Fsp3) is 0.238. The van der Waals surface area contributed by atoms with Crippen molar-refractivity contribution < 1.29 is 14.0 Å². The van der Waals surface area contributed by atoms with Crippen LogP contribution in [-0.2, 0) is 17.0 Å². The molecule has 0 N–H and O–H groups in total. The second-order valence-corrected chi connectivity index (χ2v) is 7.29. The molecule has 0 unspecified atom stereocenters. The number of nitrogens with zero attached hydrogens (tertiary/aromatic N) is 5. The van der Waals surface area contributed by atoms with Crippen LogP contribution < -0.4 is 4.74 Å². The minimum atomic E-state index is 0.483. The molecule has 9 heteroatoms. The molecule has 4 rings (SSSR count). The molecule has 8 nitrogen and oxygen atoms in total. The molecule has 0 saturated heterocycles. The average molecular weight is 423 g/mol. The van der Waals surface area contributed by atoms with Crippen LogP contribution in [0.15, 0.2) is 64.3 Å². The van der Waals surface area contributed by atoms with E-state index < -0.39 is 0 Å². The van der Waals surface area contributed by atoms with Crippen molar-refractivity contribution in [2.24, 2.45) is 0 Å². The highest BCUT2D eigenvalue weighted by atomic mass is 32.2. The molecule has 0 aliphatic rings. The van der Waals surface area contributed by atoms with E-state index >= 15 is 0 Å². The Morgan fingerprint density at radius 2 is 1.83 bits per heavy atom. The summed E-state index contributed by atoms with van der Waals surface area (Å²) in [5, 5.41) is 13.6. The van der Waals surface area contributed by atoms with Gasteiger partial charge in [-0.05, 0) is 12.1 Å². The van der Waals surface area contributed by atoms with Gasteiger partial charge in [-0.3, -0.25) is 4.57 Å². The van der Waals surface area contributed by atoms with E-state index in [0.717, 1.165) is 27.9 Å². The number of hydrogen-bond donors (Lipinski definition) is 0. The normalized spacial score (nSPS) is 11.0. The maximum atomic E-state index is 5.42. The minimum absolute atomic E-state index is 0.483. The van der Waals surface area contributed by atoms with Crippen molar-refractivity contribution in [3.05, 3.63) is 60.5 Å². The fourth-order valence-corrected chi connectivity index (χ4v) is 3.70. The summed E-state index contributed by atoms with van der Waals surface area (Å²) in [4.78, 5) is 4.49. The second-order valence-electron chi connectivity index (χ2n) is 6.35. The van der Waals surface area contributed by atoms with Crippen molar-refractivity contribution in [1.29, 1.82) is 0 Å². The van der Waals surface area contributed by atoms with Gasteiger partial charge in [-0.1, -0.05) is 59.4 Å². The number of aromatic nitrogens is 5. The molecule has 4 aromatic rings. The number of thioether (sulfide) groups is 1. The van der Waals surface area contributed by atoms with Gasteiger partial charge in [0.1, 0.15) is 5.75 Å². The summed E-state index contributed by atoms with van der Waals surface area (Å²) in [5.41, 5.74) is 1.84. The van der Waals surface area contributed by atoms with Crippen LogP contribution in [0.3, 0.4) is 0 Å². The van der Waals surface area contributed by atoms with Crippen molar-refractivity contribution in [1.82, 2.24) is 24.9 Å². The highest BCUT2D eigenvalue weighted by Gasteiger charge is 2.16. The van der Waals surface area contributed by atoms with Crippen LogP contribution in [0.5, 0.6) is 5.75 Å². The molecule has 154 valence electrons. The summed E-state index contributed by atoms with van der Waals surface area (Å²) >= 11 is 1.50. The zero-order valence-electron chi connectivity index (χ0n) is 16.7. The first-order chi connectivity index (χ1) is 14.8. The van der Waals surface area contributed by atoms with E-state index in [4.69, 9.17) is 14.0 Å². The maximum Gasteiger partial charge on any atom is 0.237 e. The fourth-order valence-electron chi connectivity index (χ4n) is 2.90. The largest absolute Gasteiger partial charge is 0.497 e. The van der Waals surface area contributed by atoms with Crippen LogP contribution in [0.25, 0.3) is 22.8 Å². The topological polar surface area (TPSA) is 88.1 Å². The van der Waals surface area contributed by atoms with Gasteiger partial charge in [-0.15, -0.1) is 10.2 Å². The highest BCUT2D eigenvalue weighted by Crippen LogP contribution is 2.27. The predicted octanol–water partition coefficient (Wildman–Crippen LogP) is 3.94. The Balaban J connectivity index is 1.51. The summed E-state index contributed by atoms with van der Waals surface area (Å²) in [6, 6.07) is 17.5. The third-order valence-electron chi connectivity index (χ3n) is 4.39. The Hall–Kier alpha value is -3.17. The first-order valence-electron chi connectivity index (χ1n) is 9.36. The molecule has 0 bridgehead atoms. The number of rotatable bonds is 9. The molecular weight excluding hydrogens is 402 g/mol. The number of ether oxygens (including phenoxy) is 2. The molecule has 0 aliphatic heterocycles. The zero-order valence-corrected chi connectivity index (χ0v) is 17.5. The Kier molecular flexibility index (Phi) is 6.41. The minimum Gasteiger partial charge on any atom is -0.497 e. The summed E-state index contributed by atoms with van der Waals surface area (Å²) in [6.45, 7) is 1.21. The number of hydrogen-bond acceptors (Lipinski definition) is 8. The van der Waals surface area contributed by atoms with Crippen LogP contribution in [0.2, 0.25) is 0 Å². The van der Waals surface area contributed by atoms with Gasteiger partial charge in [0.05, 0.1) is 26.0 Å². The van der Waals surface area contributed by atoms with Crippen molar-refractivity contribution in [2.45, 2.75) is 17.5 Å². The van der Waals surface area contributed by atoms with Gasteiger partial charge in [0.2, 0.25) is 11.7 Å². The molecular formula is C21H21N5O3S. The molecule has 0 aliphatic carbocycles. The van der Waals surface area contributed by atoms with E-state index in [-0.39, 0.29) is 0 Å². The van der Waals surface area contributed by atoms with Gasteiger partial charge in [0, 0.05) is 18.2 Å². The molecule has 0 saturated carbocycles. The van der Waals surface area contributed by atoms with Crippen LogP contribution in [0.1, 0.15) is 5.89 Å². The first-order valence-corrected chi connectivity index (χ1v) is 10.3. The van der Waals surface area contributed by atoms with Gasteiger partial charge in [-0.25, -0.2) is 0 Å². The molecule has 0 spiro atoms. The molecule has 0 atom stereocenters. The first kappa shape index (κ1) is 20.1. The summed E-state index contributed by atoms with van der Waals surface area (Å²) < 4.78 is 18.0. The lowest BCUT2D eigenvalue weighted by molar-refractivity contribution is 0.185. The standard InChI is InChI=1S/C21H21N5O3S/c1-27-12-11-26-20(15-7-4-3-5-8-15)23-24-21(26)30-14-18-22-19(25-29-18)16-9-6-10-17(13-16)28-2/h3-10,13H,11-12,14H2,1-2H3. The van der Waals surface area contributed by atoms with E-state index in [1.54, 1.807) is 14.2 Å². The third kappa shape index (κ3) is 4.52. The molecule has 30 heavy (non-hydrogen) atoms. The molecule has 0 fully saturated rings. The Morgan fingerprint density at radius 3 is 2.63 bits per heavy atom. The van der Waals surface area contributed by atoms with Crippen molar-refractivity contribution >= 4 is 11.8 Å². The number of benzene rings is 2. The molecule has 0 radical (unpaired) electrons. The highest BCUT2D eigenvalue weighted by molar-refractivity contribution is 7.98. The summed E-state index contributed by atoms with van der Waals surface area (Å²) in [5.74, 6) is 3.07. The second kappa shape index (κ2) is 9.55. The van der Waals surface area contributed by atoms with Crippen LogP contribution >= 0.6 is 11.8 Å². The monoisotopic (exact) mass is 423 g/mol. The molecule has 2 aromatic carbocycles. The average Bonchev–Trinajstić information content (AvgIpc) is 3.44. The Bertz CT molecular complexity index is 1100.